The number of nitrogens with one attached hydrogen (secondary N) is 1. The van der Waals surface area contributed by atoms with E-state index in [0.29, 0.717) is 13.2 Å². The van der Waals surface area contributed by atoms with Gasteiger partial charge in [0.25, 0.3) is 5.91 Å². The minimum Gasteiger partial charge on any atom is -0.486 e. The predicted octanol–water partition coefficient (Wildman–Crippen LogP) is 4.12. The highest BCUT2D eigenvalue weighted by molar-refractivity contribution is 14.1. The molecule has 0 saturated heterocycles. The van der Waals surface area contributed by atoms with Gasteiger partial charge < -0.3 is 14.5 Å². The summed E-state index contributed by atoms with van der Waals surface area (Å²) in [6.45, 7) is 2.71. The van der Waals surface area contributed by atoms with Gasteiger partial charge in [-0.05, 0) is 62.6 Å². The van der Waals surface area contributed by atoms with Crippen molar-refractivity contribution >= 4 is 44.4 Å². The van der Waals surface area contributed by atoms with E-state index in [-0.39, 0.29) is 16.0 Å². The van der Waals surface area contributed by atoms with Crippen LogP contribution >= 0.6 is 38.5 Å². The van der Waals surface area contributed by atoms with Gasteiger partial charge in [-0.15, -0.1) is 0 Å². The number of unbranched alkanes of at least 4 members (excludes halogenated alkanes) is 1. The first-order valence-electron chi connectivity index (χ1n) is 7.49. The second-order valence-corrected chi connectivity index (χ2v) is 7.19. The number of amides is 1. The summed E-state index contributed by atoms with van der Waals surface area (Å²) in [4.78, 5) is 24.6. The molecule has 1 aromatic heterocycles. The Hall–Kier alpha value is -1.35. The lowest BCUT2D eigenvalue weighted by molar-refractivity contribution is 0.0912. The van der Waals surface area contributed by atoms with Crippen molar-refractivity contribution in [1.29, 1.82) is 0 Å². The number of halogens is 2. The van der Waals surface area contributed by atoms with E-state index in [4.69, 9.17) is 9.15 Å². The van der Waals surface area contributed by atoms with E-state index in [2.05, 4.69) is 43.8 Å². The van der Waals surface area contributed by atoms with E-state index < -0.39 is 11.3 Å². The van der Waals surface area contributed by atoms with E-state index in [1.165, 1.54) is 6.26 Å². The van der Waals surface area contributed by atoms with Crippen LogP contribution in [0.25, 0.3) is 0 Å². The third-order valence-corrected chi connectivity index (χ3v) is 4.42. The number of hydrogen-bond acceptors (Lipinski definition) is 4. The summed E-state index contributed by atoms with van der Waals surface area (Å²) in [5.41, 5.74) is 0.569. The van der Waals surface area contributed by atoms with E-state index in [1.54, 1.807) is 0 Å². The molecule has 0 atom stereocenters. The molecule has 0 radical (unpaired) electrons. The Labute approximate surface area is 162 Å². The molecule has 0 bridgehead atoms. The van der Waals surface area contributed by atoms with Crippen molar-refractivity contribution in [2.24, 2.45) is 0 Å². The smallest absolute Gasteiger partial charge is 0.291 e. The van der Waals surface area contributed by atoms with Gasteiger partial charge in [-0.25, -0.2) is 0 Å². The summed E-state index contributed by atoms with van der Waals surface area (Å²) in [5.74, 6) is -0.646. The molecule has 2 aromatic rings. The first kappa shape index (κ1) is 19.0. The van der Waals surface area contributed by atoms with Crippen LogP contribution in [-0.4, -0.2) is 12.5 Å². The molecule has 7 heteroatoms. The molecule has 0 saturated carbocycles. The van der Waals surface area contributed by atoms with Crippen LogP contribution in [-0.2, 0) is 6.54 Å². The standard InChI is InChI=1S/C17H17BrINO4/c1-2-3-7-23-15-14(21)13(18)10-24-16(15)17(22)20-9-11-5-4-6-12(19)8-11/h4-6,8,10H,2-3,7,9H2,1H3,(H,20,22). The average molecular weight is 506 g/mol. The Morgan fingerprint density at radius 1 is 1.42 bits per heavy atom. The van der Waals surface area contributed by atoms with Crippen molar-refractivity contribution in [2.45, 2.75) is 26.3 Å². The normalized spacial score (nSPS) is 10.5. The van der Waals surface area contributed by atoms with Crippen LogP contribution < -0.4 is 15.5 Å². The lowest BCUT2D eigenvalue weighted by Gasteiger charge is -2.10. The molecular weight excluding hydrogens is 489 g/mol. The first-order valence-corrected chi connectivity index (χ1v) is 9.36. The highest BCUT2D eigenvalue weighted by atomic mass is 127. The van der Waals surface area contributed by atoms with Crippen LogP contribution in [0.1, 0.15) is 35.9 Å². The fourth-order valence-electron chi connectivity index (χ4n) is 1.95. The van der Waals surface area contributed by atoms with Gasteiger partial charge in [0.05, 0.1) is 6.61 Å². The van der Waals surface area contributed by atoms with Crippen LogP contribution in [0, 0.1) is 3.57 Å². The molecule has 1 N–H and O–H groups in total. The van der Waals surface area contributed by atoms with Crippen LogP contribution in [0.2, 0.25) is 0 Å². The molecule has 128 valence electrons. The minimum atomic E-state index is -0.482. The average Bonchev–Trinajstić information content (AvgIpc) is 2.57. The molecule has 5 nitrogen and oxygen atoms in total. The van der Waals surface area contributed by atoms with Crippen LogP contribution in [0.15, 0.2) is 44.2 Å². The fourth-order valence-corrected chi connectivity index (χ4v) is 2.83. The number of carbonyl (C=O) groups excluding carboxylic acids is 1. The van der Waals surface area contributed by atoms with Gasteiger partial charge in [-0.3, -0.25) is 9.59 Å². The van der Waals surface area contributed by atoms with Gasteiger partial charge in [0, 0.05) is 10.1 Å². The van der Waals surface area contributed by atoms with Gasteiger partial charge in [0.2, 0.25) is 16.9 Å². The van der Waals surface area contributed by atoms with E-state index in [1.807, 2.05) is 31.2 Å². The molecule has 2 rings (SSSR count). The number of ether oxygens (including phenoxy) is 1. The lowest BCUT2D eigenvalue weighted by Crippen LogP contribution is -2.25. The Kier molecular flexibility index (Phi) is 7.29. The number of rotatable bonds is 7. The molecule has 24 heavy (non-hydrogen) atoms. The van der Waals surface area contributed by atoms with Crippen molar-refractivity contribution < 1.29 is 13.9 Å². The Bertz CT molecular complexity index is 775. The third-order valence-electron chi connectivity index (χ3n) is 3.20. The molecule has 0 aliphatic rings. The van der Waals surface area contributed by atoms with Crippen molar-refractivity contribution in [1.82, 2.24) is 5.32 Å². The molecule has 1 amide bonds. The summed E-state index contributed by atoms with van der Waals surface area (Å²) in [6.07, 6.45) is 2.92. The number of hydrogen-bond donors (Lipinski definition) is 1. The summed E-state index contributed by atoms with van der Waals surface area (Å²) in [7, 11) is 0. The van der Waals surface area contributed by atoms with E-state index in [9.17, 15) is 9.59 Å². The van der Waals surface area contributed by atoms with Crippen molar-refractivity contribution in [3.8, 4) is 5.75 Å². The number of carbonyl (C=O) groups is 1. The fraction of sp³-hybridized carbons (Fsp3) is 0.294. The molecule has 0 fully saturated rings. The SMILES string of the molecule is CCCCOc1c(C(=O)NCc2cccc(I)c2)occ(Br)c1=O. The van der Waals surface area contributed by atoms with Crippen molar-refractivity contribution in [3.05, 3.63) is 60.1 Å². The lowest BCUT2D eigenvalue weighted by atomic mass is 10.2. The highest BCUT2D eigenvalue weighted by Gasteiger charge is 2.20. The van der Waals surface area contributed by atoms with Gasteiger partial charge in [-0.2, -0.15) is 0 Å². The third kappa shape index (κ3) is 5.07. The van der Waals surface area contributed by atoms with Gasteiger partial charge >= 0.3 is 0 Å². The molecule has 0 unspecified atom stereocenters. The largest absolute Gasteiger partial charge is 0.486 e. The molecule has 1 aromatic carbocycles. The van der Waals surface area contributed by atoms with Gasteiger partial charge in [0.15, 0.2) is 0 Å². The summed E-state index contributed by atoms with van der Waals surface area (Å²) >= 11 is 5.31. The summed E-state index contributed by atoms with van der Waals surface area (Å²) in [6, 6.07) is 7.78. The second kappa shape index (κ2) is 9.22. The zero-order chi connectivity index (χ0) is 17.5. The maximum absolute atomic E-state index is 12.4. The summed E-state index contributed by atoms with van der Waals surface area (Å²) in [5, 5.41) is 2.75. The van der Waals surface area contributed by atoms with Crippen molar-refractivity contribution in [2.75, 3.05) is 6.61 Å². The maximum Gasteiger partial charge on any atom is 0.291 e. The van der Waals surface area contributed by atoms with E-state index >= 15 is 0 Å². The van der Waals surface area contributed by atoms with Gasteiger partial charge in [0.1, 0.15) is 10.7 Å². The molecular formula is C17H17BrINO4. The second-order valence-electron chi connectivity index (χ2n) is 5.09. The van der Waals surface area contributed by atoms with Crippen LogP contribution in [0.5, 0.6) is 5.75 Å². The van der Waals surface area contributed by atoms with Crippen LogP contribution in [0.4, 0.5) is 0 Å². The maximum atomic E-state index is 12.4. The van der Waals surface area contributed by atoms with Gasteiger partial charge in [-0.1, -0.05) is 25.5 Å². The Balaban J connectivity index is 2.15. The monoisotopic (exact) mass is 505 g/mol. The van der Waals surface area contributed by atoms with E-state index in [0.717, 1.165) is 22.0 Å². The molecule has 1 heterocycles. The number of benzene rings is 1. The molecule has 0 aliphatic heterocycles. The summed E-state index contributed by atoms with van der Waals surface area (Å²) < 4.78 is 12.1. The minimum absolute atomic E-state index is 0.0574. The predicted molar refractivity (Wildman–Crippen MR) is 103 cm³/mol. The topological polar surface area (TPSA) is 68.5 Å². The molecule has 0 spiro atoms. The zero-order valence-electron chi connectivity index (χ0n) is 13.1. The zero-order valence-corrected chi connectivity index (χ0v) is 16.8. The quantitative estimate of drug-likeness (QED) is 0.454. The Morgan fingerprint density at radius 2 is 2.21 bits per heavy atom. The highest BCUT2D eigenvalue weighted by Crippen LogP contribution is 2.18. The van der Waals surface area contributed by atoms with Crippen LogP contribution in [0.3, 0.4) is 0 Å². The first-order chi connectivity index (χ1) is 11.5. The van der Waals surface area contributed by atoms with Crippen molar-refractivity contribution in [3.63, 3.8) is 0 Å². The Morgan fingerprint density at radius 3 is 2.92 bits per heavy atom. The molecule has 0 aliphatic carbocycles.